The van der Waals surface area contributed by atoms with E-state index in [1.54, 1.807) is 0 Å². The summed E-state index contributed by atoms with van der Waals surface area (Å²) in [6.45, 7) is 6.58. The lowest BCUT2D eigenvalue weighted by Gasteiger charge is -2.44. The molecule has 2 heterocycles. The van der Waals surface area contributed by atoms with Gasteiger partial charge in [0.2, 0.25) is 0 Å². The van der Waals surface area contributed by atoms with Gasteiger partial charge in [0.05, 0.1) is 0 Å². The molecule has 0 atom stereocenters. The molecule has 0 bridgehead atoms. The van der Waals surface area contributed by atoms with Crippen LogP contribution in [0.2, 0.25) is 0 Å². The van der Waals surface area contributed by atoms with Gasteiger partial charge in [-0.2, -0.15) is 0 Å². The molecule has 0 N–H and O–H groups in total. The molecule has 280 valence electrons. The minimum Gasteiger partial charge on any atom is -0.457 e. The van der Waals surface area contributed by atoms with Gasteiger partial charge in [0.1, 0.15) is 11.5 Å². The molecule has 0 fully saturated rings. The Morgan fingerprint density at radius 1 is 0.448 bits per heavy atom. The maximum atomic E-state index is 6.62. The van der Waals surface area contributed by atoms with Gasteiger partial charge >= 0.3 is 0 Å². The van der Waals surface area contributed by atoms with Gasteiger partial charge in [-0.15, -0.1) is 0 Å². The fraction of sp³-hybridized carbons (Fsp3) is 0.0943. The summed E-state index contributed by atoms with van der Waals surface area (Å²) in [6, 6.07) is 68.3. The van der Waals surface area contributed by atoms with Gasteiger partial charge < -0.3 is 19.4 Å². The van der Waals surface area contributed by atoms with Crippen molar-refractivity contribution in [1.29, 1.82) is 0 Å². The fourth-order valence-electron chi connectivity index (χ4n) is 8.96. The van der Waals surface area contributed by atoms with Crippen molar-refractivity contribution in [2.45, 2.75) is 33.6 Å². The van der Waals surface area contributed by atoms with E-state index in [0.29, 0.717) is 0 Å². The average Bonchev–Trinajstić information content (AvgIpc) is 3.28. The predicted molar refractivity (Wildman–Crippen MR) is 245 cm³/mol. The normalized spacial score (nSPS) is 12.4. The summed E-state index contributed by atoms with van der Waals surface area (Å²) in [7, 11) is 0. The summed E-state index contributed by atoms with van der Waals surface area (Å²) < 4.78 is 6.62. The van der Waals surface area contributed by atoms with Gasteiger partial charge in [0.25, 0.3) is 6.71 Å². The van der Waals surface area contributed by atoms with Crippen LogP contribution < -0.4 is 35.8 Å². The summed E-state index contributed by atoms with van der Waals surface area (Å²) in [4.78, 5) is 7.30. The van der Waals surface area contributed by atoms with Crippen LogP contribution in [0, 0.1) is 6.92 Å². The molecule has 8 aromatic rings. The monoisotopic (exact) mass is 749 g/mol. The van der Waals surface area contributed by atoms with Gasteiger partial charge in [-0.3, -0.25) is 0 Å². The van der Waals surface area contributed by atoms with E-state index in [9.17, 15) is 0 Å². The zero-order chi connectivity index (χ0) is 39.2. The number of hydrogen-bond donors (Lipinski definition) is 0. The number of para-hydroxylation sites is 4. The highest BCUT2D eigenvalue weighted by molar-refractivity contribution is 7.00. The van der Waals surface area contributed by atoms with E-state index in [1.807, 2.05) is 6.07 Å². The highest BCUT2D eigenvalue weighted by atomic mass is 16.5. The second kappa shape index (κ2) is 14.8. The number of hydrogen-bond acceptors (Lipinski definition) is 4. The van der Waals surface area contributed by atoms with Gasteiger partial charge in [0.15, 0.2) is 0 Å². The Morgan fingerprint density at radius 2 is 1.02 bits per heavy atom. The third kappa shape index (κ3) is 6.02. The van der Waals surface area contributed by atoms with Crippen LogP contribution in [0.5, 0.6) is 11.5 Å². The van der Waals surface area contributed by atoms with Crippen molar-refractivity contribution in [2.75, 3.05) is 14.7 Å². The molecule has 0 radical (unpaired) electrons. The van der Waals surface area contributed by atoms with Crippen LogP contribution >= 0.6 is 0 Å². The van der Waals surface area contributed by atoms with E-state index in [1.165, 1.54) is 50.3 Å². The highest BCUT2D eigenvalue weighted by Gasteiger charge is 2.43. The lowest BCUT2D eigenvalue weighted by molar-refractivity contribution is 0.471. The molecule has 0 aromatic heterocycles. The molecular weight excluding hydrogens is 705 g/mol. The third-order valence-corrected chi connectivity index (χ3v) is 11.7. The number of nitrogens with zero attached hydrogens (tertiary/aromatic N) is 3. The van der Waals surface area contributed by atoms with Crippen LogP contribution in [0.15, 0.2) is 188 Å². The SMILES string of the molecule is CCc1ccccc1Oc1ccc(N(c2ccccc2)c2ccc3c(c2)N(c2ccc(C)cc2)c2cccc4c2B3c2ccccc2N4c2ccccc2)cc1CC. The Labute approximate surface area is 342 Å². The van der Waals surface area contributed by atoms with Crippen molar-refractivity contribution >= 4 is 74.3 Å². The van der Waals surface area contributed by atoms with Crippen LogP contribution in [-0.4, -0.2) is 6.71 Å². The maximum absolute atomic E-state index is 6.62. The zero-order valence-electron chi connectivity index (χ0n) is 33.1. The van der Waals surface area contributed by atoms with Crippen LogP contribution in [0.25, 0.3) is 0 Å². The molecule has 0 saturated heterocycles. The minimum atomic E-state index is 0.0485. The molecule has 0 unspecified atom stereocenters. The van der Waals surface area contributed by atoms with E-state index in [4.69, 9.17) is 4.74 Å². The molecule has 8 aromatic carbocycles. The number of rotatable bonds is 9. The summed E-state index contributed by atoms with van der Waals surface area (Å²) in [6.07, 6.45) is 1.75. The Balaban J connectivity index is 1.17. The molecule has 0 amide bonds. The summed E-state index contributed by atoms with van der Waals surface area (Å²) >= 11 is 0. The molecule has 2 aliphatic rings. The standard InChI is InChI=1S/C53H44BN3O/c1-4-38-17-12-15-26-51(38)58-52-34-32-43(35-39(52)5-2)55(40-18-8-6-9-19-40)44-31-33-46-50(36-44)57(42-29-27-37(3)28-30-42)49-25-16-24-48-53(49)54(46)45-22-13-14-23-47(45)56(48)41-20-10-7-11-21-41/h6-36H,4-5H2,1-3H3. The maximum Gasteiger partial charge on any atom is 0.252 e. The summed E-state index contributed by atoms with van der Waals surface area (Å²) in [5.41, 5.74) is 17.8. The Hall–Kier alpha value is -6.98. The van der Waals surface area contributed by atoms with Crippen LogP contribution in [0.1, 0.15) is 30.5 Å². The molecule has 0 saturated carbocycles. The van der Waals surface area contributed by atoms with Crippen molar-refractivity contribution in [3.8, 4) is 11.5 Å². The quantitative estimate of drug-likeness (QED) is 0.137. The number of anilines is 9. The molecule has 0 aliphatic carbocycles. The minimum absolute atomic E-state index is 0.0485. The van der Waals surface area contributed by atoms with Gasteiger partial charge in [0, 0.05) is 51.2 Å². The van der Waals surface area contributed by atoms with Crippen molar-refractivity contribution in [3.05, 3.63) is 205 Å². The van der Waals surface area contributed by atoms with Crippen molar-refractivity contribution < 1.29 is 4.74 Å². The lowest BCUT2D eigenvalue weighted by atomic mass is 9.33. The first-order valence-corrected chi connectivity index (χ1v) is 20.4. The molecule has 4 nitrogen and oxygen atoms in total. The smallest absolute Gasteiger partial charge is 0.252 e. The average molecular weight is 750 g/mol. The van der Waals surface area contributed by atoms with E-state index >= 15 is 0 Å². The van der Waals surface area contributed by atoms with Crippen LogP contribution in [0.3, 0.4) is 0 Å². The van der Waals surface area contributed by atoms with Gasteiger partial charge in [-0.1, -0.05) is 116 Å². The topological polar surface area (TPSA) is 19.0 Å². The fourth-order valence-corrected chi connectivity index (χ4v) is 8.96. The van der Waals surface area contributed by atoms with Crippen molar-refractivity contribution in [2.24, 2.45) is 0 Å². The highest BCUT2D eigenvalue weighted by Crippen LogP contribution is 2.46. The summed E-state index contributed by atoms with van der Waals surface area (Å²) in [5, 5.41) is 0. The van der Waals surface area contributed by atoms with Gasteiger partial charge in [-0.05, 0) is 138 Å². The Bertz CT molecular complexity index is 2770. The first-order chi connectivity index (χ1) is 28.6. The van der Waals surface area contributed by atoms with Gasteiger partial charge in [-0.25, -0.2) is 0 Å². The number of fused-ring (bicyclic) bond motifs is 4. The van der Waals surface area contributed by atoms with Crippen LogP contribution in [0.4, 0.5) is 51.2 Å². The van der Waals surface area contributed by atoms with E-state index in [0.717, 1.165) is 58.3 Å². The first kappa shape index (κ1) is 35.4. The molecule has 5 heteroatoms. The summed E-state index contributed by atoms with van der Waals surface area (Å²) in [5.74, 6) is 1.81. The Morgan fingerprint density at radius 3 is 1.78 bits per heavy atom. The van der Waals surface area contributed by atoms with E-state index < -0.39 is 0 Å². The molecular formula is C53H44BN3O. The zero-order valence-corrected chi connectivity index (χ0v) is 33.1. The van der Waals surface area contributed by atoms with E-state index in [-0.39, 0.29) is 6.71 Å². The molecule has 0 spiro atoms. The van der Waals surface area contributed by atoms with Crippen LogP contribution in [-0.2, 0) is 12.8 Å². The number of ether oxygens (including phenoxy) is 1. The molecule has 58 heavy (non-hydrogen) atoms. The number of aryl methyl sites for hydroxylation is 3. The third-order valence-electron chi connectivity index (χ3n) is 11.7. The molecule has 10 rings (SSSR count). The lowest BCUT2D eigenvalue weighted by Crippen LogP contribution is -2.61. The second-order valence-corrected chi connectivity index (χ2v) is 15.2. The molecule has 2 aliphatic heterocycles. The van der Waals surface area contributed by atoms with E-state index in [2.05, 4.69) is 217 Å². The van der Waals surface area contributed by atoms with Crippen molar-refractivity contribution in [3.63, 3.8) is 0 Å². The first-order valence-electron chi connectivity index (χ1n) is 20.4. The Kier molecular flexibility index (Phi) is 9.06. The predicted octanol–water partition coefficient (Wildman–Crippen LogP) is 12.5. The second-order valence-electron chi connectivity index (χ2n) is 15.2. The van der Waals surface area contributed by atoms with Crippen molar-refractivity contribution in [1.82, 2.24) is 0 Å². The largest absolute Gasteiger partial charge is 0.457 e. The number of benzene rings is 8.